The van der Waals surface area contributed by atoms with E-state index in [1.807, 2.05) is 0 Å². The number of thioether (sulfide) groups is 1. The first-order chi connectivity index (χ1) is 16.0. The van der Waals surface area contributed by atoms with Gasteiger partial charge in [-0.25, -0.2) is 5.43 Å². The molecule has 12 heteroatoms. The fourth-order valence-corrected chi connectivity index (χ4v) is 5.41. The van der Waals surface area contributed by atoms with E-state index in [2.05, 4.69) is 21.5 Å². The Labute approximate surface area is 204 Å². The van der Waals surface area contributed by atoms with Crippen molar-refractivity contribution in [2.75, 3.05) is 35.7 Å². The van der Waals surface area contributed by atoms with Gasteiger partial charge in [0.25, 0.3) is 0 Å². The number of hydrogen-bond acceptors (Lipinski definition) is 8. The van der Waals surface area contributed by atoms with Crippen LogP contribution in [0.15, 0.2) is 36.4 Å². The van der Waals surface area contributed by atoms with Crippen molar-refractivity contribution in [1.29, 1.82) is 0 Å². The van der Waals surface area contributed by atoms with Crippen molar-refractivity contribution in [1.82, 2.24) is 16.2 Å². The molecular formula is C21H21Cl2N5O4S. The van der Waals surface area contributed by atoms with E-state index in [9.17, 15) is 9.59 Å². The number of benzene rings is 2. The number of carbonyl (C=O) groups is 2. The molecule has 5 rings (SSSR count). The number of hydrazine groups is 1. The van der Waals surface area contributed by atoms with Crippen LogP contribution in [0.3, 0.4) is 0 Å². The van der Waals surface area contributed by atoms with Crippen LogP contribution in [-0.4, -0.2) is 49.0 Å². The van der Waals surface area contributed by atoms with Gasteiger partial charge in [-0.15, -0.1) is 11.8 Å². The van der Waals surface area contributed by atoms with E-state index in [1.54, 1.807) is 41.3 Å². The molecule has 0 aromatic heterocycles. The molecule has 2 aromatic carbocycles. The van der Waals surface area contributed by atoms with Crippen molar-refractivity contribution in [3.63, 3.8) is 0 Å². The Kier molecular flexibility index (Phi) is 6.55. The van der Waals surface area contributed by atoms with Gasteiger partial charge >= 0.3 is 0 Å². The highest BCUT2D eigenvalue weighted by Crippen LogP contribution is 2.36. The van der Waals surface area contributed by atoms with Crippen molar-refractivity contribution in [3.8, 4) is 11.5 Å². The molecule has 33 heavy (non-hydrogen) atoms. The number of amides is 2. The van der Waals surface area contributed by atoms with Gasteiger partial charge in [0.1, 0.15) is 18.7 Å². The molecule has 2 aromatic rings. The van der Waals surface area contributed by atoms with E-state index < -0.39 is 5.50 Å². The molecule has 9 nitrogen and oxygen atoms in total. The summed E-state index contributed by atoms with van der Waals surface area (Å²) in [6, 6.07) is 10.3. The van der Waals surface area contributed by atoms with Gasteiger partial charge in [0.15, 0.2) is 11.5 Å². The fourth-order valence-electron chi connectivity index (χ4n) is 3.92. The Balaban J connectivity index is 1.30. The van der Waals surface area contributed by atoms with Crippen LogP contribution in [0.5, 0.6) is 11.5 Å². The number of ether oxygens (including phenoxy) is 2. The largest absolute Gasteiger partial charge is 0.486 e. The molecule has 2 fully saturated rings. The van der Waals surface area contributed by atoms with Gasteiger partial charge < -0.3 is 14.8 Å². The van der Waals surface area contributed by atoms with Crippen LogP contribution in [0.2, 0.25) is 10.0 Å². The third-order valence-corrected chi connectivity index (χ3v) is 7.09. The first-order valence-corrected chi connectivity index (χ1v) is 12.1. The molecule has 3 aliphatic heterocycles. The highest BCUT2D eigenvalue weighted by Gasteiger charge is 2.45. The van der Waals surface area contributed by atoms with E-state index in [1.165, 1.54) is 11.8 Å². The Morgan fingerprint density at radius 1 is 1.15 bits per heavy atom. The minimum absolute atomic E-state index is 0.0924. The zero-order chi connectivity index (χ0) is 22.9. The zero-order valence-electron chi connectivity index (χ0n) is 17.3. The zero-order valence-corrected chi connectivity index (χ0v) is 19.6. The molecule has 3 unspecified atom stereocenters. The first kappa shape index (κ1) is 22.6. The number of nitrogens with zero attached hydrogens (tertiary/aromatic N) is 1. The fraction of sp³-hybridized carbons (Fsp3) is 0.333. The SMILES string of the molecule is O=C(CSC1NC2NNCC2C(=O)N1c1ccc(Cl)cc1Cl)Nc1ccc2c(c1)OCCO2. The summed E-state index contributed by atoms with van der Waals surface area (Å²) >= 11 is 13.7. The molecule has 0 aliphatic carbocycles. The molecule has 2 amide bonds. The van der Waals surface area contributed by atoms with Gasteiger partial charge in [0.2, 0.25) is 11.8 Å². The number of carbonyl (C=O) groups excluding carboxylic acids is 2. The van der Waals surface area contributed by atoms with E-state index >= 15 is 0 Å². The average molecular weight is 510 g/mol. The monoisotopic (exact) mass is 509 g/mol. The second-order valence-electron chi connectivity index (χ2n) is 7.65. The minimum Gasteiger partial charge on any atom is -0.486 e. The third-order valence-electron chi connectivity index (χ3n) is 5.46. The van der Waals surface area contributed by atoms with E-state index in [-0.39, 0.29) is 29.7 Å². The number of rotatable bonds is 5. The van der Waals surface area contributed by atoms with Crippen LogP contribution in [0, 0.1) is 5.92 Å². The van der Waals surface area contributed by atoms with Gasteiger partial charge in [0, 0.05) is 23.3 Å². The maximum absolute atomic E-state index is 13.3. The van der Waals surface area contributed by atoms with Gasteiger partial charge in [-0.3, -0.25) is 25.2 Å². The number of nitrogens with one attached hydrogen (secondary N) is 4. The molecule has 4 N–H and O–H groups in total. The van der Waals surface area contributed by atoms with E-state index in [4.69, 9.17) is 32.7 Å². The maximum Gasteiger partial charge on any atom is 0.236 e. The lowest BCUT2D eigenvalue weighted by atomic mass is 10.0. The van der Waals surface area contributed by atoms with Crippen molar-refractivity contribution in [3.05, 3.63) is 46.4 Å². The van der Waals surface area contributed by atoms with Crippen LogP contribution in [0.4, 0.5) is 11.4 Å². The van der Waals surface area contributed by atoms with Crippen molar-refractivity contribution in [2.24, 2.45) is 5.92 Å². The van der Waals surface area contributed by atoms with Gasteiger partial charge in [-0.05, 0) is 30.3 Å². The Hall–Kier alpha value is -2.21. The third kappa shape index (κ3) is 4.72. The molecule has 0 bridgehead atoms. The molecular weight excluding hydrogens is 489 g/mol. The summed E-state index contributed by atoms with van der Waals surface area (Å²) in [4.78, 5) is 27.6. The normalized spacial score (nSPS) is 23.9. The summed E-state index contributed by atoms with van der Waals surface area (Å²) in [7, 11) is 0. The quantitative estimate of drug-likeness (QED) is 0.487. The maximum atomic E-state index is 13.3. The second kappa shape index (κ2) is 9.57. The lowest BCUT2D eigenvalue weighted by Gasteiger charge is -2.41. The summed E-state index contributed by atoms with van der Waals surface area (Å²) < 4.78 is 11.1. The van der Waals surface area contributed by atoms with Crippen LogP contribution in [0.1, 0.15) is 0 Å². The summed E-state index contributed by atoms with van der Waals surface area (Å²) in [6.07, 6.45) is -0.252. The van der Waals surface area contributed by atoms with Crippen molar-refractivity contribution in [2.45, 2.75) is 11.7 Å². The van der Waals surface area contributed by atoms with Crippen LogP contribution >= 0.6 is 35.0 Å². The Morgan fingerprint density at radius 2 is 1.97 bits per heavy atom. The average Bonchev–Trinajstić information content (AvgIpc) is 3.27. The molecule has 3 aliphatic rings. The highest BCUT2D eigenvalue weighted by molar-refractivity contribution is 8.00. The highest BCUT2D eigenvalue weighted by atomic mass is 35.5. The van der Waals surface area contributed by atoms with Crippen molar-refractivity contribution >= 4 is 58.2 Å². The number of anilines is 2. The Bertz CT molecular complexity index is 1090. The number of fused-ring (bicyclic) bond motifs is 2. The van der Waals surface area contributed by atoms with Crippen LogP contribution in [-0.2, 0) is 9.59 Å². The summed E-state index contributed by atoms with van der Waals surface area (Å²) in [6.45, 7) is 1.46. The second-order valence-corrected chi connectivity index (χ2v) is 9.56. The van der Waals surface area contributed by atoms with Crippen LogP contribution < -0.4 is 35.9 Å². The smallest absolute Gasteiger partial charge is 0.236 e. The molecule has 0 radical (unpaired) electrons. The van der Waals surface area contributed by atoms with Gasteiger partial charge in [0.05, 0.1) is 28.5 Å². The predicted octanol–water partition coefficient (Wildman–Crippen LogP) is 2.41. The lowest BCUT2D eigenvalue weighted by Crippen LogP contribution is -2.64. The first-order valence-electron chi connectivity index (χ1n) is 10.3. The molecule has 0 saturated carbocycles. The summed E-state index contributed by atoms with van der Waals surface area (Å²) in [5.74, 6) is 0.742. The van der Waals surface area contributed by atoms with Gasteiger partial charge in [-0.2, -0.15) is 0 Å². The molecule has 0 spiro atoms. The number of halogens is 2. The summed E-state index contributed by atoms with van der Waals surface area (Å²) in [5, 5.41) is 7.09. The predicted molar refractivity (Wildman–Crippen MR) is 128 cm³/mol. The standard InChI is InChI=1S/C21H21Cl2N5O4S/c22-11-1-3-15(14(23)7-11)28-20(30)13-9-24-27-19(13)26-21(28)33-10-18(29)25-12-2-4-16-17(8-12)32-6-5-31-16/h1-4,7-8,13,19,21,24,26-27H,5-6,9-10H2,(H,25,29). The number of hydrogen-bond donors (Lipinski definition) is 4. The topological polar surface area (TPSA) is 104 Å². The van der Waals surface area contributed by atoms with Crippen molar-refractivity contribution < 1.29 is 19.1 Å². The minimum atomic E-state index is -0.518. The molecule has 3 atom stereocenters. The summed E-state index contributed by atoms with van der Waals surface area (Å²) in [5.41, 5.74) is 6.70. The Morgan fingerprint density at radius 3 is 2.79 bits per heavy atom. The lowest BCUT2D eigenvalue weighted by molar-refractivity contribution is -0.124. The molecule has 2 saturated heterocycles. The van der Waals surface area contributed by atoms with E-state index in [0.717, 1.165) is 0 Å². The molecule has 3 heterocycles. The van der Waals surface area contributed by atoms with Crippen LogP contribution in [0.25, 0.3) is 0 Å². The van der Waals surface area contributed by atoms with E-state index in [0.29, 0.717) is 52.7 Å². The van der Waals surface area contributed by atoms with Gasteiger partial charge in [-0.1, -0.05) is 23.2 Å². The molecule has 174 valence electrons.